The number of fused-ring (bicyclic) bond motifs is 3. The monoisotopic (exact) mass is 882 g/mol. The Hall–Kier alpha value is -9.20. The van der Waals surface area contributed by atoms with Crippen LogP contribution >= 0.6 is 0 Å². The third kappa shape index (κ3) is 6.54. The molecule has 1 unspecified atom stereocenters. The van der Waals surface area contributed by atoms with Gasteiger partial charge in [0.05, 0.1) is 0 Å². The molecule has 0 aliphatic heterocycles. The van der Waals surface area contributed by atoms with Gasteiger partial charge in [-0.3, -0.25) is 0 Å². The second-order valence-electron chi connectivity index (χ2n) is 14.7. The average molecular weight is 883 g/mol. The molecule has 5 aromatic carbocycles. The zero-order valence-electron chi connectivity index (χ0n) is 33.7. The molecule has 0 aliphatic rings. The molecule has 0 bridgehead atoms. The summed E-state index contributed by atoms with van der Waals surface area (Å²) in [5.74, 6) is -15.9. The fraction of sp³-hybridized carbons (Fsp3) is 0.0667. The summed E-state index contributed by atoms with van der Waals surface area (Å²) in [4.78, 5) is 14.2. The van der Waals surface area contributed by atoms with Gasteiger partial charge in [0.2, 0.25) is 5.75 Å². The number of allylic oxidation sites excluding steroid dienone is 4. The minimum absolute atomic E-state index is 0.0418. The van der Waals surface area contributed by atoms with Crippen LogP contribution in [0.4, 0.5) is 0 Å². The van der Waals surface area contributed by atoms with E-state index in [1.807, 2.05) is 38.2 Å². The van der Waals surface area contributed by atoms with Gasteiger partial charge in [-0.05, 0) is 6.92 Å². The van der Waals surface area contributed by atoms with E-state index in [1.54, 1.807) is 30.3 Å². The number of hydrogen-bond donors (Lipinski definition) is 15. The Morgan fingerprint density at radius 3 is 1.75 bits per heavy atom. The predicted molar refractivity (Wildman–Crippen MR) is 235 cm³/mol. The first-order chi connectivity index (χ1) is 30.9. The summed E-state index contributed by atoms with van der Waals surface area (Å²) in [5.41, 5.74) is -5.16. The van der Waals surface area contributed by atoms with E-state index in [0.29, 0.717) is 18.3 Å². The van der Waals surface area contributed by atoms with Gasteiger partial charge in [0.15, 0.2) is 0 Å². The molecule has 20 heteroatoms. The number of aromatic hydroxyl groups is 15. The molecule has 3 aromatic heterocycles. The maximum atomic E-state index is 12.0. The van der Waals surface area contributed by atoms with E-state index < -0.39 is 125 Å². The summed E-state index contributed by atoms with van der Waals surface area (Å²) in [7, 11) is 0. The van der Waals surface area contributed by atoms with Gasteiger partial charge >= 0.3 is 332 Å². The van der Waals surface area contributed by atoms with Crippen molar-refractivity contribution in [3.05, 3.63) is 84.7 Å². The SMILES string of the molecule is C/C=C\C=C/C(C)c1nc(-c2ccccc2)nc(-c2ccc(-n3c4cc(O)c(-c5c(O)c(O)c(O)c(O)c5O)c(O)c4c4c(O)c(O)c(O)c(O)c43)c(-c3c(O)bc(O)c(O)c3O)c2)n1. The molecular formula is C45H35BN4O15. The number of benzene rings is 5. The molecule has 65 heavy (non-hydrogen) atoms. The molecule has 0 saturated heterocycles. The Kier molecular flexibility index (Phi) is 10.2. The van der Waals surface area contributed by atoms with Crippen LogP contribution in [0.15, 0.2) is 78.9 Å². The average Bonchev–Trinajstić information content (AvgIpc) is 3.64. The molecule has 0 aliphatic carbocycles. The Balaban J connectivity index is 1.52. The summed E-state index contributed by atoms with van der Waals surface area (Å²) < 4.78 is 0.970. The van der Waals surface area contributed by atoms with E-state index in [9.17, 15) is 76.6 Å². The van der Waals surface area contributed by atoms with Gasteiger partial charge in [0.25, 0.3) is 0 Å². The van der Waals surface area contributed by atoms with Crippen molar-refractivity contribution in [2.24, 2.45) is 0 Å². The number of phenolic OH excluding ortho intramolecular Hbond substituents is 11. The van der Waals surface area contributed by atoms with E-state index in [0.717, 1.165) is 10.6 Å². The van der Waals surface area contributed by atoms with Crippen LogP contribution in [-0.2, 0) is 0 Å². The molecule has 1 atom stereocenters. The van der Waals surface area contributed by atoms with Gasteiger partial charge in [-0.25, -0.2) is 0 Å². The maximum absolute atomic E-state index is 12.0. The summed E-state index contributed by atoms with van der Waals surface area (Å²) >= 11 is 0. The molecule has 0 amide bonds. The first-order valence-corrected chi connectivity index (χ1v) is 19.2. The molecular weight excluding hydrogens is 847 g/mol. The van der Waals surface area contributed by atoms with Gasteiger partial charge in [0, 0.05) is 0 Å². The summed E-state index contributed by atoms with van der Waals surface area (Å²) in [6.07, 6.45) is 7.31. The van der Waals surface area contributed by atoms with Gasteiger partial charge < -0.3 is 15.3 Å². The molecule has 0 radical (unpaired) electrons. The number of nitrogens with zero attached hydrogens (tertiary/aromatic N) is 4. The van der Waals surface area contributed by atoms with E-state index in [4.69, 9.17) is 15.0 Å². The minimum atomic E-state index is -1.39. The number of hydrogen-bond acceptors (Lipinski definition) is 18. The first kappa shape index (κ1) is 42.5. The number of phenols is 11. The van der Waals surface area contributed by atoms with Crippen LogP contribution in [0.5, 0.6) is 86.0 Å². The second-order valence-corrected chi connectivity index (χ2v) is 14.7. The zero-order chi connectivity index (χ0) is 46.9. The molecule has 15 N–H and O–H groups in total. The fourth-order valence-electron chi connectivity index (χ4n) is 7.58. The second kappa shape index (κ2) is 15.6. The number of aromatic nitrogens is 4. The topological polar surface area (TPSA) is 347 Å². The summed E-state index contributed by atoms with van der Waals surface area (Å²) in [6.45, 7) is 4.40. The zero-order valence-corrected chi connectivity index (χ0v) is 33.7. The van der Waals surface area contributed by atoms with Crippen LogP contribution in [0.1, 0.15) is 25.6 Å². The molecule has 328 valence electrons. The molecule has 3 heterocycles. The van der Waals surface area contributed by atoms with Crippen LogP contribution in [0.3, 0.4) is 0 Å². The van der Waals surface area contributed by atoms with Crippen molar-refractivity contribution in [2.75, 3.05) is 0 Å². The van der Waals surface area contributed by atoms with E-state index in [1.165, 1.54) is 18.2 Å². The molecule has 0 fully saturated rings. The molecule has 19 nitrogen and oxygen atoms in total. The predicted octanol–water partition coefficient (Wildman–Crippen LogP) is 6.79. The summed E-state index contributed by atoms with van der Waals surface area (Å²) in [5, 5.41) is 163. The van der Waals surface area contributed by atoms with Crippen molar-refractivity contribution in [3.8, 4) is 137 Å². The molecule has 0 saturated carbocycles. The molecule has 8 rings (SSSR count). The van der Waals surface area contributed by atoms with Crippen molar-refractivity contribution >= 4 is 28.7 Å². The van der Waals surface area contributed by atoms with Crippen molar-refractivity contribution in [1.82, 2.24) is 19.5 Å². The van der Waals surface area contributed by atoms with Crippen LogP contribution in [-0.4, -0.2) is 103 Å². The molecule has 8 aromatic rings. The van der Waals surface area contributed by atoms with Crippen molar-refractivity contribution in [2.45, 2.75) is 19.8 Å². The van der Waals surface area contributed by atoms with Crippen LogP contribution in [0, 0.1) is 0 Å². The Labute approximate surface area is 365 Å². The third-order valence-corrected chi connectivity index (χ3v) is 10.8. The third-order valence-electron chi connectivity index (χ3n) is 10.8. The van der Waals surface area contributed by atoms with Gasteiger partial charge in [-0.15, -0.1) is 0 Å². The molecule has 0 spiro atoms. The van der Waals surface area contributed by atoms with Crippen LogP contribution < -0.4 is 0 Å². The Morgan fingerprint density at radius 2 is 1.11 bits per heavy atom. The van der Waals surface area contributed by atoms with Crippen molar-refractivity contribution in [1.29, 1.82) is 0 Å². The Morgan fingerprint density at radius 1 is 0.523 bits per heavy atom. The Bertz CT molecular complexity index is 3340. The quantitative estimate of drug-likeness (QED) is 0.0424. The first-order valence-electron chi connectivity index (χ1n) is 19.2. The van der Waals surface area contributed by atoms with Crippen molar-refractivity contribution < 1.29 is 76.6 Å². The van der Waals surface area contributed by atoms with Crippen LogP contribution in [0.25, 0.3) is 72.5 Å². The van der Waals surface area contributed by atoms with E-state index >= 15 is 0 Å². The standard InChI is InChI=1S/C45H35BN4O15/c1-3-4-6-9-16(2)43-47-44(17-10-7-5-8-11-17)49-45(48-43)18-12-13-20(19(14-18)23-30(53)40(63)42(65)46-41(23)64)50-21-15-22(51)25(27-32(55)36(59)39(62)37(60)33(27)56)29(52)24(21)26-28(50)34(57)38(61)35(58)31(26)54/h3-16,51-65H,1-2H3/b4-3-,9-6-. The van der Waals surface area contributed by atoms with Gasteiger partial charge in [-0.1, -0.05) is 6.08 Å². The summed E-state index contributed by atoms with van der Waals surface area (Å²) in [6, 6.07) is 13.8. The van der Waals surface area contributed by atoms with Crippen LogP contribution in [0.2, 0.25) is 0 Å². The van der Waals surface area contributed by atoms with E-state index in [-0.39, 0.29) is 34.4 Å². The van der Waals surface area contributed by atoms with E-state index in [2.05, 4.69) is 0 Å². The number of rotatable bonds is 8. The van der Waals surface area contributed by atoms with Crippen molar-refractivity contribution in [3.63, 3.8) is 0 Å². The fourth-order valence-corrected chi connectivity index (χ4v) is 7.58. The van der Waals surface area contributed by atoms with Gasteiger partial charge in [0.1, 0.15) is 0 Å². The van der Waals surface area contributed by atoms with Gasteiger partial charge in [-0.2, -0.15) is 0 Å². The normalized spacial score (nSPS) is 12.2.